The van der Waals surface area contributed by atoms with Crippen LogP contribution in [0.5, 0.6) is 0 Å². The summed E-state index contributed by atoms with van der Waals surface area (Å²) < 4.78 is 2.32. The highest BCUT2D eigenvalue weighted by Gasteiger charge is 2.31. The zero-order valence-corrected chi connectivity index (χ0v) is 12.8. The van der Waals surface area contributed by atoms with Gasteiger partial charge in [-0.3, -0.25) is 0 Å². The standard InChI is InChI=1S/C16H22ClN3/c1-2-9-20-14-6-5-12(17)10-13(14)19-15(20)11-16(18)7-3-4-8-16/h5-6,10H,2-4,7-9,11,18H2,1H3. The van der Waals surface area contributed by atoms with Crippen LogP contribution >= 0.6 is 11.6 Å². The molecule has 1 aromatic carbocycles. The summed E-state index contributed by atoms with van der Waals surface area (Å²) in [6, 6.07) is 5.96. The Hall–Kier alpha value is -1.06. The zero-order chi connectivity index (χ0) is 14.2. The average Bonchev–Trinajstić information content (AvgIpc) is 2.95. The lowest BCUT2D eigenvalue weighted by atomic mass is 9.94. The van der Waals surface area contributed by atoms with Crippen molar-refractivity contribution in [1.29, 1.82) is 0 Å². The monoisotopic (exact) mass is 291 g/mol. The van der Waals surface area contributed by atoms with E-state index in [1.54, 1.807) is 0 Å². The van der Waals surface area contributed by atoms with E-state index in [9.17, 15) is 0 Å². The Morgan fingerprint density at radius 3 is 2.80 bits per heavy atom. The summed E-state index contributed by atoms with van der Waals surface area (Å²) in [5.74, 6) is 1.12. The van der Waals surface area contributed by atoms with E-state index in [2.05, 4.69) is 17.6 Å². The highest BCUT2D eigenvalue weighted by atomic mass is 35.5. The number of aryl methyl sites for hydroxylation is 1. The van der Waals surface area contributed by atoms with Gasteiger partial charge in [0, 0.05) is 23.5 Å². The molecule has 108 valence electrons. The number of nitrogens with two attached hydrogens (primary N) is 1. The van der Waals surface area contributed by atoms with Crippen LogP contribution in [0.4, 0.5) is 0 Å². The van der Waals surface area contributed by atoms with Gasteiger partial charge in [-0.25, -0.2) is 4.98 Å². The molecule has 1 saturated carbocycles. The Bertz CT molecular complexity index is 611. The molecule has 0 radical (unpaired) electrons. The quantitative estimate of drug-likeness (QED) is 0.928. The predicted molar refractivity (Wildman–Crippen MR) is 84.1 cm³/mol. The molecule has 3 nitrogen and oxygen atoms in total. The maximum Gasteiger partial charge on any atom is 0.111 e. The Kier molecular flexibility index (Phi) is 3.74. The first-order chi connectivity index (χ1) is 9.61. The fourth-order valence-corrected chi connectivity index (χ4v) is 3.50. The summed E-state index contributed by atoms with van der Waals surface area (Å²) in [5, 5.41) is 0.744. The highest BCUT2D eigenvalue weighted by molar-refractivity contribution is 6.31. The second-order valence-electron chi connectivity index (χ2n) is 6.06. The van der Waals surface area contributed by atoms with Gasteiger partial charge in [-0.2, -0.15) is 0 Å². The number of fused-ring (bicyclic) bond motifs is 1. The molecule has 0 aliphatic heterocycles. The summed E-state index contributed by atoms with van der Waals surface area (Å²) in [5.41, 5.74) is 8.63. The maximum atomic E-state index is 6.53. The van der Waals surface area contributed by atoms with Crippen molar-refractivity contribution < 1.29 is 0 Å². The molecule has 0 amide bonds. The fourth-order valence-electron chi connectivity index (χ4n) is 3.33. The second-order valence-corrected chi connectivity index (χ2v) is 6.50. The van der Waals surface area contributed by atoms with Crippen LogP contribution in [-0.2, 0) is 13.0 Å². The van der Waals surface area contributed by atoms with E-state index in [0.29, 0.717) is 0 Å². The molecule has 3 rings (SSSR count). The summed E-state index contributed by atoms with van der Waals surface area (Å²) in [6.07, 6.45) is 6.69. The number of hydrogen-bond acceptors (Lipinski definition) is 2. The van der Waals surface area contributed by atoms with Crippen molar-refractivity contribution in [3.63, 3.8) is 0 Å². The van der Waals surface area contributed by atoms with E-state index in [-0.39, 0.29) is 5.54 Å². The Labute approximate surface area is 125 Å². The normalized spacial score (nSPS) is 17.9. The van der Waals surface area contributed by atoms with Crippen LogP contribution < -0.4 is 5.73 Å². The van der Waals surface area contributed by atoms with Crippen LogP contribution in [0.15, 0.2) is 18.2 Å². The minimum Gasteiger partial charge on any atom is -0.328 e. The first-order valence-corrected chi connectivity index (χ1v) is 7.93. The molecule has 0 atom stereocenters. The van der Waals surface area contributed by atoms with Crippen LogP contribution in [0, 0.1) is 0 Å². The Morgan fingerprint density at radius 1 is 1.35 bits per heavy atom. The topological polar surface area (TPSA) is 43.8 Å². The number of rotatable bonds is 4. The van der Waals surface area contributed by atoms with Crippen LogP contribution in [0.2, 0.25) is 5.02 Å². The molecule has 1 heterocycles. The van der Waals surface area contributed by atoms with E-state index in [1.165, 1.54) is 18.4 Å². The van der Waals surface area contributed by atoms with E-state index >= 15 is 0 Å². The van der Waals surface area contributed by atoms with Gasteiger partial charge in [0.25, 0.3) is 0 Å². The molecule has 1 aromatic heterocycles. The molecule has 4 heteroatoms. The molecular formula is C16H22ClN3. The minimum atomic E-state index is -0.0589. The number of hydrogen-bond donors (Lipinski definition) is 1. The molecule has 0 unspecified atom stereocenters. The smallest absolute Gasteiger partial charge is 0.111 e. The van der Waals surface area contributed by atoms with E-state index in [4.69, 9.17) is 22.3 Å². The largest absolute Gasteiger partial charge is 0.328 e. The molecule has 0 saturated heterocycles. The molecule has 1 aliphatic carbocycles. The lowest BCUT2D eigenvalue weighted by Gasteiger charge is -2.23. The van der Waals surface area contributed by atoms with Gasteiger partial charge in [0.05, 0.1) is 11.0 Å². The van der Waals surface area contributed by atoms with Gasteiger partial charge >= 0.3 is 0 Å². The van der Waals surface area contributed by atoms with Gasteiger partial charge in [0.15, 0.2) is 0 Å². The molecule has 2 aromatic rings. The number of halogens is 1. The lowest BCUT2D eigenvalue weighted by molar-refractivity contribution is 0.418. The van der Waals surface area contributed by atoms with Gasteiger partial charge in [0.2, 0.25) is 0 Å². The van der Waals surface area contributed by atoms with Crippen molar-refractivity contribution >= 4 is 22.6 Å². The van der Waals surface area contributed by atoms with Crippen LogP contribution in [0.3, 0.4) is 0 Å². The molecule has 20 heavy (non-hydrogen) atoms. The molecule has 1 aliphatic rings. The van der Waals surface area contributed by atoms with Gasteiger partial charge < -0.3 is 10.3 Å². The average molecular weight is 292 g/mol. The first kappa shape index (κ1) is 13.9. The lowest BCUT2D eigenvalue weighted by Crippen LogP contribution is -2.39. The SMILES string of the molecule is CCCn1c(CC2(N)CCCC2)nc2cc(Cl)ccc21. The zero-order valence-electron chi connectivity index (χ0n) is 12.0. The third-order valence-corrected chi connectivity index (χ3v) is 4.58. The number of nitrogens with zero attached hydrogens (tertiary/aromatic N) is 2. The molecular weight excluding hydrogens is 270 g/mol. The van der Waals surface area contributed by atoms with Crippen molar-refractivity contribution in [3.05, 3.63) is 29.0 Å². The number of benzene rings is 1. The summed E-state index contributed by atoms with van der Waals surface area (Å²) in [4.78, 5) is 4.80. The van der Waals surface area contributed by atoms with Crippen molar-refractivity contribution in [2.45, 2.75) is 57.5 Å². The van der Waals surface area contributed by atoms with E-state index < -0.39 is 0 Å². The minimum absolute atomic E-state index is 0.0589. The van der Waals surface area contributed by atoms with Crippen LogP contribution in [0.25, 0.3) is 11.0 Å². The first-order valence-electron chi connectivity index (χ1n) is 7.55. The molecule has 1 fully saturated rings. The number of aromatic nitrogens is 2. The van der Waals surface area contributed by atoms with Gasteiger partial charge in [-0.05, 0) is 37.5 Å². The van der Waals surface area contributed by atoms with Crippen LogP contribution in [0.1, 0.15) is 44.9 Å². The van der Waals surface area contributed by atoms with Crippen LogP contribution in [-0.4, -0.2) is 15.1 Å². The van der Waals surface area contributed by atoms with Gasteiger partial charge in [0.1, 0.15) is 5.82 Å². The summed E-state index contributed by atoms with van der Waals surface area (Å²) >= 11 is 6.08. The molecule has 0 spiro atoms. The predicted octanol–water partition coefficient (Wildman–Crippen LogP) is 3.91. The summed E-state index contributed by atoms with van der Waals surface area (Å²) in [7, 11) is 0. The third kappa shape index (κ3) is 2.57. The summed E-state index contributed by atoms with van der Waals surface area (Å²) in [6.45, 7) is 3.18. The number of imidazole rings is 1. The Balaban J connectivity index is 2.02. The van der Waals surface area contributed by atoms with Crippen molar-refractivity contribution in [2.24, 2.45) is 5.73 Å². The Morgan fingerprint density at radius 2 is 2.10 bits per heavy atom. The molecule has 2 N–H and O–H groups in total. The van der Waals surface area contributed by atoms with E-state index in [0.717, 1.165) is 48.6 Å². The highest BCUT2D eigenvalue weighted by Crippen LogP contribution is 2.31. The fraction of sp³-hybridized carbons (Fsp3) is 0.562. The van der Waals surface area contributed by atoms with Gasteiger partial charge in [-0.15, -0.1) is 0 Å². The second kappa shape index (κ2) is 5.38. The third-order valence-electron chi connectivity index (χ3n) is 4.35. The molecule has 0 bridgehead atoms. The van der Waals surface area contributed by atoms with Crippen molar-refractivity contribution in [3.8, 4) is 0 Å². The van der Waals surface area contributed by atoms with Crippen molar-refractivity contribution in [2.75, 3.05) is 0 Å². The van der Waals surface area contributed by atoms with Crippen molar-refractivity contribution in [1.82, 2.24) is 9.55 Å². The van der Waals surface area contributed by atoms with Gasteiger partial charge in [-0.1, -0.05) is 31.4 Å². The van der Waals surface area contributed by atoms with E-state index in [1.807, 2.05) is 12.1 Å². The maximum absolute atomic E-state index is 6.53.